The van der Waals surface area contributed by atoms with Crippen LogP contribution in [0.1, 0.15) is 45.6 Å². The molecule has 104 valence electrons. The first-order valence-electron chi connectivity index (χ1n) is 7.14. The van der Waals surface area contributed by atoms with Crippen molar-refractivity contribution in [1.82, 2.24) is 0 Å². The fourth-order valence-electron chi connectivity index (χ4n) is 3.43. The van der Waals surface area contributed by atoms with Crippen molar-refractivity contribution in [2.45, 2.75) is 51.6 Å². The zero-order valence-corrected chi connectivity index (χ0v) is 13.1. The van der Waals surface area contributed by atoms with E-state index in [1.165, 1.54) is 12.0 Å². The summed E-state index contributed by atoms with van der Waals surface area (Å²) >= 11 is 0. The Bertz CT molecular complexity index is 416. The normalized spacial score (nSPS) is 28.5. The monoisotopic (exact) mass is 279 g/mol. The molecule has 3 heteroatoms. The van der Waals surface area contributed by atoms with Crippen LogP contribution in [0.5, 0.6) is 0 Å². The van der Waals surface area contributed by atoms with Crippen molar-refractivity contribution >= 4 is 8.69 Å². The second-order valence-electron chi connectivity index (χ2n) is 6.35. The molecule has 0 spiro atoms. The van der Waals surface area contributed by atoms with Crippen LogP contribution in [0.3, 0.4) is 0 Å². The molecule has 1 aliphatic carbocycles. The molecule has 4 atom stereocenters. The lowest BCUT2D eigenvalue weighted by Crippen LogP contribution is -2.41. The van der Waals surface area contributed by atoms with Crippen LogP contribution in [0.25, 0.3) is 0 Å². The van der Waals surface area contributed by atoms with E-state index in [1.54, 1.807) is 0 Å². The van der Waals surface area contributed by atoms with Gasteiger partial charge in [0, 0.05) is 0 Å². The van der Waals surface area contributed by atoms with E-state index in [4.69, 9.17) is 4.52 Å². The molecule has 1 unspecified atom stereocenters. The Labute approximate surface area is 117 Å². The van der Waals surface area contributed by atoms with Crippen LogP contribution in [0, 0.1) is 11.8 Å². The lowest BCUT2D eigenvalue weighted by molar-refractivity contribution is 0.0418. The zero-order valence-electron chi connectivity index (χ0n) is 12.1. The van der Waals surface area contributed by atoms with E-state index in [0.717, 1.165) is 12.8 Å². The molecule has 1 aliphatic rings. The SMILES string of the molecule is C[C@@H]1CC[C@@H](C(C)(C)c2ccccc2)[C@H](O[PH+]=O)C1. The van der Waals surface area contributed by atoms with Crippen LogP contribution in [0.4, 0.5) is 0 Å². The summed E-state index contributed by atoms with van der Waals surface area (Å²) in [6.07, 6.45) is 3.53. The molecule has 0 bridgehead atoms. The summed E-state index contributed by atoms with van der Waals surface area (Å²) in [6.45, 7) is 6.83. The van der Waals surface area contributed by atoms with Crippen molar-refractivity contribution in [3.63, 3.8) is 0 Å². The number of benzene rings is 1. The van der Waals surface area contributed by atoms with Gasteiger partial charge in [0.05, 0.1) is 0 Å². The van der Waals surface area contributed by atoms with E-state index in [9.17, 15) is 4.57 Å². The summed E-state index contributed by atoms with van der Waals surface area (Å²) in [5, 5.41) is 0. The second kappa shape index (κ2) is 6.15. The molecule has 1 aromatic carbocycles. The van der Waals surface area contributed by atoms with Crippen LogP contribution in [-0.2, 0) is 14.5 Å². The molecule has 1 fully saturated rings. The largest absolute Gasteiger partial charge is 0.494 e. The van der Waals surface area contributed by atoms with Crippen LogP contribution >= 0.6 is 8.69 Å². The Morgan fingerprint density at radius 3 is 2.53 bits per heavy atom. The van der Waals surface area contributed by atoms with Crippen molar-refractivity contribution in [3.05, 3.63) is 35.9 Å². The Morgan fingerprint density at radius 2 is 1.89 bits per heavy atom. The third-order valence-corrected chi connectivity index (χ3v) is 5.10. The number of hydrogen-bond acceptors (Lipinski definition) is 2. The first-order chi connectivity index (χ1) is 9.05. The molecule has 0 saturated heterocycles. The molecule has 0 aromatic heterocycles. The summed E-state index contributed by atoms with van der Waals surface area (Å²) < 4.78 is 16.5. The van der Waals surface area contributed by atoms with Gasteiger partial charge in [-0.1, -0.05) is 57.5 Å². The van der Waals surface area contributed by atoms with Crippen LogP contribution in [0.15, 0.2) is 30.3 Å². The molecule has 2 rings (SSSR count). The maximum atomic E-state index is 10.9. The molecule has 0 radical (unpaired) electrons. The van der Waals surface area contributed by atoms with Gasteiger partial charge in [-0.25, -0.2) is 0 Å². The Kier molecular flexibility index (Phi) is 4.76. The smallest absolute Gasteiger partial charge is 0.144 e. The fourth-order valence-corrected chi connectivity index (χ4v) is 3.81. The van der Waals surface area contributed by atoms with Crippen LogP contribution < -0.4 is 0 Å². The number of rotatable bonds is 4. The maximum absolute atomic E-state index is 10.9. The first kappa shape index (κ1) is 14.7. The maximum Gasteiger partial charge on any atom is 0.494 e. The summed E-state index contributed by atoms with van der Waals surface area (Å²) in [7, 11) is -0.649. The Morgan fingerprint density at radius 1 is 1.21 bits per heavy atom. The third-order valence-electron chi connectivity index (χ3n) is 4.70. The molecule has 0 amide bonds. The molecular weight excluding hydrogens is 255 g/mol. The summed E-state index contributed by atoms with van der Waals surface area (Å²) in [5.74, 6) is 1.11. The molecule has 0 N–H and O–H groups in total. The van der Waals surface area contributed by atoms with Gasteiger partial charge < -0.3 is 0 Å². The van der Waals surface area contributed by atoms with Gasteiger partial charge in [-0.15, -0.1) is 4.52 Å². The minimum Gasteiger partial charge on any atom is -0.144 e. The molecule has 19 heavy (non-hydrogen) atoms. The van der Waals surface area contributed by atoms with Crippen molar-refractivity contribution in [3.8, 4) is 0 Å². The molecular formula is C16H24O2P+. The van der Waals surface area contributed by atoms with E-state index in [-0.39, 0.29) is 11.5 Å². The first-order valence-corrected chi connectivity index (χ1v) is 7.95. The quantitative estimate of drug-likeness (QED) is 0.745. The van der Waals surface area contributed by atoms with Crippen molar-refractivity contribution in [1.29, 1.82) is 0 Å². The van der Waals surface area contributed by atoms with Crippen LogP contribution in [-0.4, -0.2) is 6.10 Å². The topological polar surface area (TPSA) is 26.3 Å². The molecule has 2 nitrogen and oxygen atoms in total. The predicted octanol–water partition coefficient (Wildman–Crippen LogP) is 4.72. The second-order valence-corrected chi connectivity index (χ2v) is 6.75. The average Bonchev–Trinajstić information content (AvgIpc) is 2.40. The molecule has 0 heterocycles. The van der Waals surface area contributed by atoms with Crippen molar-refractivity contribution in [2.24, 2.45) is 11.8 Å². The van der Waals surface area contributed by atoms with E-state index in [1.807, 2.05) is 0 Å². The highest BCUT2D eigenvalue weighted by molar-refractivity contribution is 7.17. The summed E-state index contributed by atoms with van der Waals surface area (Å²) in [4.78, 5) is 0. The summed E-state index contributed by atoms with van der Waals surface area (Å²) in [5.41, 5.74) is 1.41. The van der Waals surface area contributed by atoms with Crippen LogP contribution in [0.2, 0.25) is 0 Å². The van der Waals surface area contributed by atoms with Gasteiger partial charge in [-0.3, -0.25) is 0 Å². The van der Waals surface area contributed by atoms with Gasteiger partial charge >= 0.3 is 8.69 Å². The number of hydrogen-bond donors (Lipinski definition) is 0. The third kappa shape index (κ3) is 3.24. The fraction of sp³-hybridized carbons (Fsp3) is 0.625. The lowest BCUT2D eigenvalue weighted by atomic mass is 9.64. The highest BCUT2D eigenvalue weighted by atomic mass is 31.1. The van der Waals surface area contributed by atoms with E-state index >= 15 is 0 Å². The highest BCUT2D eigenvalue weighted by Crippen LogP contribution is 2.44. The van der Waals surface area contributed by atoms with E-state index in [2.05, 4.69) is 51.1 Å². The minimum absolute atomic E-state index is 0.0612. The highest BCUT2D eigenvalue weighted by Gasteiger charge is 2.42. The molecule has 1 aromatic rings. The van der Waals surface area contributed by atoms with E-state index < -0.39 is 8.69 Å². The molecule has 1 saturated carbocycles. The standard InChI is InChI=1S/C16H24O2P/c1-12-9-10-14(15(11-12)18-19-17)16(2,3)13-7-5-4-6-8-13/h4-8,12,14-15,19H,9-11H2,1-3H3/q+1/t12-,14-,15-/m1/s1. The van der Waals surface area contributed by atoms with E-state index in [0.29, 0.717) is 11.8 Å². The Hall–Kier alpha value is -0.720. The van der Waals surface area contributed by atoms with Gasteiger partial charge in [0.15, 0.2) is 0 Å². The predicted molar refractivity (Wildman–Crippen MR) is 79.8 cm³/mol. The molecule has 0 aliphatic heterocycles. The minimum atomic E-state index is -0.649. The Balaban J connectivity index is 2.24. The average molecular weight is 279 g/mol. The van der Waals surface area contributed by atoms with Gasteiger partial charge in [0.25, 0.3) is 0 Å². The summed E-state index contributed by atoms with van der Waals surface area (Å²) in [6, 6.07) is 10.6. The van der Waals surface area contributed by atoms with Crippen molar-refractivity contribution < 1.29 is 9.09 Å². The van der Waals surface area contributed by atoms with Gasteiger partial charge in [0.2, 0.25) is 0 Å². The lowest BCUT2D eigenvalue weighted by Gasteiger charge is -2.42. The van der Waals surface area contributed by atoms with Gasteiger partial charge in [-0.2, -0.15) is 0 Å². The zero-order chi connectivity index (χ0) is 13.9. The van der Waals surface area contributed by atoms with Crippen molar-refractivity contribution in [2.75, 3.05) is 0 Å². The van der Waals surface area contributed by atoms with Gasteiger partial charge in [0.1, 0.15) is 6.10 Å². The van der Waals surface area contributed by atoms with Gasteiger partial charge in [-0.05, 0) is 40.2 Å².